The Morgan fingerprint density at radius 2 is 2.53 bits per heavy atom. The molecule has 5 heteroatoms. The first-order valence-electron chi connectivity index (χ1n) is 4.67. The second kappa shape index (κ2) is 4.86. The van der Waals surface area contributed by atoms with Crippen LogP contribution in [0.4, 0.5) is 0 Å². The van der Waals surface area contributed by atoms with Gasteiger partial charge in [-0.05, 0) is 11.4 Å². The Balaban J connectivity index is 2.01. The van der Waals surface area contributed by atoms with Gasteiger partial charge in [0.15, 0.2) is 5.82 Å². The molecule has 0 bridgehead atoms. The van der Waals surface area contributed by atoms with E-state index >= 15 is 0 Å². The zero-order valence-electron chi connectivity index (χ0n) is 8.23. The molecule has 0 unspecified atom stereocenters. The quantitative estimate of drug-likeness (QED) is 0.597. The van der Waals surface area contributed by atoms with Gasteiger partial charge >= 0.3 is 0 Å². The number of aromatic amines is 1. The summed E-state index contributed by atoms with van der Waals surface area (Å²) in [7, 11) is 0. The molecule has 0 aliphatic carbocycles. The first-order chi connectivity index (χ1) is 7.40. The van der Waals surface area contributed by atoms with Crippen molar-refractivity contribution in [3.8, 4) is 10.7 Å². The fourth-order valence-corrected chi connectivity index (χ4v) is 1.84. The molecule has 0 aromatic carbocycles. The average molecular weight is 220 g/mol. The first-order valence-corrected chi connectivity index (χ1v) is 5.55. The molecule has 0 radical (unpaired) electrons. The molecule has 0 amide bonds. The second-order valence-corrected chi connectivity index (χ2v) is 3.95. The van der Waals surface area contributed by atoms with Gasteiger partial charge in [-0.2, -0.15) is 5.10 Å². The highest BCUT2D eigenvalue weighted by Crippen LogP contribution is 2.20. The fraction of sp³-hybridized carbons (Fsp3) is 0.200. The summed E-state index contributed by atoms with van der Waals surface area (Å²) < 4.78 is 0. The molecule has 0 fully saturated rings. The van der Waals surface area contributed by atoms with Crippen molar-refractivity contribution in [3.05, 3.63) is 36.0 Å². The predicted molar refractivity (Wildman–Crippen MR) is 61.6 cm³/mol. The van der Waals surface area contributed by atoms with E-state index in [0.29, 0.717) is 6.54 Å². The molecule has 0 saturated carbocycles. The van der Waals surface area contributed by atoms with E-state index in [-0.39, 0.29) is 0 Å². The van der Waals surface area contributed by atoms with Crippen LogP contribution < -0.4 is 5.32 Å². The summed E-state index contributed by atoms with van der Waals surface area (Å²) in [5.41, 5.74) is 0. The average Bonchev–Trinajstić information content (AvgIpc) is 2.87. The molecule has 0 aliphatic heterocycles. The van der Waals surface area contributed by atoms with Crippen molar-refractivity contribution in [2.24, 2.45) is 0 Å². The Labute approximate surface area is 92.1 Å². The number of nitrogens with zero attached hydrogens (tertiary/aromatic N) is 2. The lowest BCUT2D eigenvalue weighted by atomic mass is 10.4. The van der Waals surface area contributed by atoms with E-state index in [1.54, 1.807) is 11.3 Å². The molecule has 15 heavy (non-hydrogen) atoms. The lowest BCUT2D eigenvalue weighted by Crippen LogP contribution is -2.13. The number of rotatable bonds is 5. The van der Waals surface area contributed by atoms with E-state index in [2.05, 4.69) is 27.1 Å². The zero-order chi connectivity index (χ0) is 10.5. The van der Waals surface area contributed by atoms with Crippen LogP contribution in [0.2, 0.25) is 0 Å². The van der Waals surface area contributed by atoms with Gasteiger partial charge in [-0.15, -0.1) is 17.9 Å². The van der Waals surface area contributed by atoms with Crippen molar-refractivity contribution in [3.63, 3.8) is 0 Å². The Hall–Kier alpha value is -1.46. The monoisotopic (exact) mass is 220 g/mol. The van der Waals surface area contributed by atoms with Crippen molar-refractivity contribution in [1.82, 2.24) is 20.5 Å². The van der Waals surface area contributed by atoms with E-state index in [1.807, 2.05) is 23.6 Å². The molecule has 2 aromatic heterocycles. The highest BCUT2D eigenvalue weighted by Gasteiger charge is 2.05. The molecule has 0 saturated heterocycles. The summed E-state index contributed by atoms with van der Waals surface area (Å²) >= 11 is 1.64. The van der Waals surface area contributed by atoms with Crippen LogP contribution in [-0.4, -0.2) is 21.7 Å². The zero-order valence-corrected chi connectivity index (χ0v) is 9.05. The molecular weight excluding hydrogens is 208 g/mol. The van der Waals surface area contributed by atoms with E-state index in [9.17, 15) is 0 Å². The maximum absolute atomic E-state index is 4.37. The number of hydrogen-bond donors (Lipinski definition) is 2. The molecule has 4 nitrogen and oxygen atoms in total. The Morgan fingerprint density at radius 1 is 1.60 bits per heavy atom. The fourth-order valence-electron chi connectivity index (χ4n) is 1.18. The van der Waals surface area contributed by atoms with Crippen LogP contribution in [0.15, 0.2) is 30.2 Å². The van der Waals surface area contributed by atoms with Gasteiger partial charge in [0.05, 0.1) is 11.4 Å². The molecule has 2 N–H and O–H groups in total. The summed E-state index contributed by atoms with van der Waals surface area (Å²) in [6, 6.07) is 4.00. The van der Waals surface area contributed by atoms with Crippen LogP contribution in [0.3, 0.4) is 0 Å². The number of H-pyrrole nitrogens is 1. The molecule has 2 rings (SSSR count). The summed E-state index contributed by atoms with van der Waals surface area (Å²) in [5, 5.41) is 12.2. The highest BCUT2D eigenvalue weighted by molar-refractivity contribution is 7.13. The van der Waals surface area contributed by atoms with Crippen molar-refractivity contribution in [2.45, 2.75) is 6.54 Å². The SMILES string of the molecule is C=CCNCc1nc(-c2cccs2)n[nH]1. The van der Waals surface area contributed by atoms with Crippen molar-refractivity contribution in [2.75, 3.05) is 6.54 Å². The highest BCUT2D eigenvalue weighted by atomic mass is 32.1. The van der Waals surface area contributed by atoms with Gasteiger partial charge < -0.3 is 5.32 Å². The minimum atomic E-state index is 0.685. The van der Waals surface area contributed by atoms with Crippen LogP contribution in [0.1, 0.15) is 5.82 Å². The number of thiophene rings is 1. The standard InChI is InChI=1S/C10H12N4S/c1-2-5-11-7-9-12-10(14-13-9)8-4-3-6-15-8/h2-4,6,11H,1,5,7H2,(H,12,13,14). The van der Waals surface area contributed by atoms with Gasteiger partial charge in [-0.25, -0.2) is 4.98 Å². The topological polar surface area (TPSA) is 53.6 Å². The number of aromatic nitrogens is 3. The number of nitrogens with one attached hydrogen (secondary N) is 2. The number of hydrogen-bond acceptors (Lipinski definition) is 4. The van der Waals surface area contributed by atoms with Crippen LogP contribution in [0.5, 0.6) is 0 Å². The van der Waals surface area contributed by atoms with Gasteiger partial charge in [0, 0.05) is 6.54 Å². The maximum Gasteiger partial charge on any atom is 0.191 e. The first kappa shape index (κ1) is 10.1. The molecule has 2 heterocycles. The van der Waals surface area contributed by atoms with Gasteiger partial charge in [-0.3, -0.25) is 5.10 Å². The largest absolute Gasteiger partial charge is 0.306 e. The third-order valence-electron chi connectivity index (χ3n) is 1.85. The summed E-state index contributed by atoms with van der Waals surface area (Å²) in [4.78, 5) is 5.46. The van der Waals surface area contributed by atoms with Crippen molar-refractivity contribution >= 4 is 11.3 Å². The third-order valence-corrected chi connectivity index (χ3v) is 2.72. The van der Waals surface area contributed by atoms with Gasteiger partial charge in [-0.1, -0.05) is 12.1 Å². The van der Waals surface area contributed by atoms with Crippen LogP contribution in [0, 0.1) is 0 Å². The van der Waals surface area contributed by atoms with Gasteiger partial charge in [0.2, 0.25) is 0 Å². The molecule has 0 atom stereocenters. The summed E-state index contributed by atoms with van der Waals surface area (Å²) in [6.07, 6.45) is 1.82. The predicted octanol–water partition coefficient (Wildman–Crippen LogP) is 1.81. The normalized spacial score (nSPS) is 10.4. The lowest BCUT2D eigenvalue weighted by molar-refractivity contribution is 0.720. The minimum Gasteiger partial charge on any atom is -0.306 e. The summed E-state index contributed by atoms with van der Waals surface area (Å²) in [6.45, 7) is 5.09. The van der Waals surface area contributed by atoms with E-state index < -0.39 is 0 Å². The van der Waals surface area contributed by atoms with Crippen molar-refractivity contribution < 1.29 is 0 Å². The van der Waals surface area contributed by atoms with Gasteiger partial charge in [0.1, 0.15) is 5.82 Å². The summed E-state index contributed by atoms with van der Waals surface area (Å²) in [5.74, 6) is 1.61. The van der Waals surface area contributed by atoms with Crippen molar-refractivity contribution in [1.29, 1.82) is 0 Å². The Kier molecular flexibility index (Phi) is 3.26. The van der Waals surface area contributed by atoms with E-state index in [0.717, 1.165) is 23.1 Å². The van der Waals surface area contributed by atoms with Crippen LogP contribution >= 0.6 is 11.3 Å². The molecular formula is C10H12N4S. The van der Waals surface area contributed by atoms with Crippen LogP contribution in [0.25, 0.3) is 10.7 Å². The second-order valence-electron chi connectivity index (χ2n) is 3.00. The maximum atomic E-state index is 4.37. The molecule has 78 valence electrons. The Morgan fingerprint density at radius 3 is 3.27 bits per heavy atom. The minimum absolute atomic E-state index is 0.685. The molecule has 0 aliphatic rings. The smallest absolute Gasteiger partial charge is 0.191 e. The molecule has 0 spiro atoms. The Bertz CT molecular complexity index is 418. The van der Waals surface area contributed by atoms with E-state index in [4.69, 9.17) is 0 Å². The third kappa shape index (κ3) is 2.51. The lowest BCUT2D eigenvalue weighted by Gasteiger charge is -1.95. The molecule has 2 aromatic rings. The van der Waals surface area contributed by atoms with Crippen LogP contribution in [-0.2, 0) is 6.54 Å². The van der Waals surface area contributed by atoms with E-state index in [1.165, 1.54) is 0 Å². The van der Waals surface area contributed by atoms with Gasteiger partial charge in [0.25, 0.3) is 0 Å².